The number of anilines is 1. The third-order valence-corrected chi connectivity index (χ3v) is 3.28. The van der Waals surface area contributed by atoms with Gasteiger partial charge in [-0.05, 0) is 31.9 Å². The molecule has 20 heavy (non-hydrogen) atoms. The highest BCUT2D eigenvalue weighted by Crippen LogP contribution is 2.19. The lowest BCUT2D eigenvalue weighted by Gasteiger charge is -2.23. The van der Waals surface area contributed by atoms with Crippen LogP contribution in [0.2, 0.25) is 0 Å². The minimum absolute atomic E-state index is 0.179. The molecule has 1 aromatic rings. The Kier molecular flexibility index (Phi) is 7.52. The maximum Gasteiger partial charge on any atom is 0.170 e. The number of aromatic nitrogens is 1. The van der Waals surface area contributed by atoms with Crippen molar-refractivity contribution in [3.05, 3.63) is 23.6 Å². The van der Waals surface area contributed by atoms with Crippen LogP contribution in [0.15, 0.2) is 12.3 Å². The Morgan fingerprint density at radius 2 is 2.10 bits per heavy atom. The van der Waals surface area contributed by atoms with Gasteiger partial charge in [0.25, 0.3) is 0 Å². The molecule has 0 atom stereocenters. The summed E-state index contributed by atoms with van der Waals surface area (Å²) in [7, 11) is 0. The van der Waals surface area contributed by atoms with Gasteiger partial charge in [-0.15, -0.1) is 0 Å². The smallest absolute Gasteiger partial charge is 0.170 e. The fourth-order valence-electron chi connectivity index (χ4n) is 2.09. The average molecular weight is 281 g/mol. The fraction of sp³-hybridized carbons (Fsp3) is 0.688. The minimum atomic E-state index is -0.179. The summed E-state index contributed by atoms with van der Waals surface area (Å²) in [6.45, 7) is 11.6. The Balaban J connectivity index is 2.76. The first kappa shape index (κ1) is 16.9. The van der Waals surface area contributed by atoms with Gasteiger partial charge < -0.3 is 10.2 Å². The second-order valence-electron chi connectivity index (χ2n) is 5.57. The first-order chi connectivity index (χ1) is 9.60. The van der Waals surface area contributed by atoms with Crippen LogP contribution in [-0.2, 0) is 6.54 Å². The van der Waals surface area contributed by atoms with Crippen molar-refractivity contribution < 1.29 is 4.39 Å². The number of halogens is 1. The molecule has 1 aromatic heterocycles. The van der Waals surface area contributed by atoms with Crippen molar-refractivity contribution in [2.45, 2.75) is 47.1 Å². The van der Waals surface area contributed by atoms with E-state index in [0.29, 0.717) is 23.8 Å². The summed E-state index contributed by atoms with van der Waals surface area (Å²) in [5.74, 6) is 0.877. The quantitative estimate of drug-likeness (QED) is 0.749. The van der Waals surface area contributed by atoms with E-state index in [1.54, 1.807) is 12.3 Å². The molecule has 3 nitrogen and oxygen atoms in total. The van der Waals surface area contributed by atoms with Crippen LogP contribution in [-0.4, -0.2) is 24.6 Å². The highest BCUT2D eigenvalue weighted by Gasteiger charge is 2.14. The highest BCUT2D eigenvalue weighted by atomic mass is 19.1. The maximum atomic E-state index is 14.5. The zero-order valence-corrected chi connectivity index (χ0v) is 13.2. The van der Waals surface area contributed by atoms with E-state index in [0.717, 1.165) is 32.5 Å². The SMILES string of the molecule is CCCCN(CC)c1nccc(CNCC(C)C)c1F. The average Bonchev–Trinajstić information content (AvgIpc) is 2.42. The van der Waals surface area contributed by atoms with Crippen molar-refractivity contribution in [3.63, 3.8) is 0 Å². The number of nitrogens with zero attached hydrogens (tertiary/aromatic N) is 2. The molecular weight excluding hydrogens is 253 g/mol. The third-order valence-electron chi connectivity index (χ3n) is 3.28. The summed E-state index contributed by atoms with van der Waals surface area (Å²) in [5, 5.41) is 3.28. The topological polar surface area (TPSA) is 28.2 Å². The third kappa shape index (κ3) is 5.08. The molecule has 0 fully saturated rings. The molecule has 0 unspecified atom stereocenters. The van der Waals surface area contributed by atoms with Crippen LogP contribution < -0.4 is 10.2 Å². The van der Waals surface area contributed by atoms with Crippen molar-refractivity contribution in [3.8, 4) is 0 Å². The lowest BCUT2D eigenvalue weighted by Crippen LogP contribution is -2.27. The Morgan fingerprint density at radius 3 is 2.70 bits per heavy atom. The predicted molar refractivity (Wildman–Crippen MR) is 83.5 cm³/mol. The normalized spacial score (nSPS) is 11.1. The van der Waals surface area contributed by atoms with Gasteiger partial charge in [0.15, 0.2) is 11.6 Å². The van der Waals surface area contributed by atoms with E-state index in [1.807, 2.05) is 11.8 Å². The van der Waals surface area contributed by atoms with Gasteiger partial charge in [0.1, 0.15) is 0 Å². The first-order valence-corrected chi connectivity index (χ1v) is 7.69. The second-order valence-corrected chi connectivity index (χ2v) is 5.57. The molecule has 0 aromatic carbocycles. The van der Waals surface area contributed by atoms with E-state index >= 15 is 0 Å². The van der Waals surface area contributed by atoms with Crippen LogP contribution in [0.4, 0.5) is 10.2 Å². The predicted octanol–water partition coefficient (Wildman–Crippen LogP) is 3.59. The van der Waals surface area contributed by atoms with Gasteiger partial charge in [0, 0.05) is 31.4 Å². The summed E-state index contributed by atoms with van der Waals surface area (Å²) in [6, 6.07) is 1.76. The number of rotatable bonds is 9. The second kappa shape index (κ2) is 8.90. The summed E-state index contributed by atoms with van der Waals surface area (Å²) >= 11 is 0. The van der Waals surface area contributed by atoms with Crippen LogP contribution in [0.1, 0.15) is 46.1 Å². The molecule has 1 N–H and O–H groups in total. The molecule has 0 aliphatic heterocycles. The van der Waals surface area contributed by atoms with Gasteiger partial charge in [-0.2, -0.15) is 0 Å². The Morgan fingerprint density at radius 1 is 1.35 bits per heavy atom. The van der Waals surface area contributed by atoms with Crippen molar-refractivity contribution in [2.24, 2.45) is 5.92 Å². The van der Waals surface area contributed by atoms with Crippen LogP contribution in [0.25, 0.3) is 0 Å². The zero-order chi connectivity index (χ0) is 15.0. The number of hydrogen-bond donors (Lipinski definition) is 1. The van der Waals surface area contributed by atoms with Crippen LogP contribution in [0.5, 0.6) is 0 Å². The zero-order valence-electron chi connectivity index (χ0n) is 13.2. The lowest BCUT2D eigenvalue weighted by molar-refractivity contribution is 0.531. The van der Waals surface area contributed by atoms with E-state index in [2.05, 4.69) is 31.1 Å². The van der Waals surface area contributed by atoms with Gasteiger partial charge in [0.2, 0.25) is 0 Å². The summed E-state index contributed by atoms with van der Waals surface area (Å²) in [6.07, 6.45) is 3.87. The molecule has 4 heteroatoms. The largest absolute Gasteiger partial charge is 0.354 e. The van der Waals surface area contributed by atoms with Crippen LogP contribution in [0.3, 0.4) is 0 Å². The molecule has 0 bridgehead atoms. The van der Waals surface area contributed by atoms with Gasteiger partial charge in [-0.1, -0.05) is 27.2 Å². The summed E-state index contributed by atoms with van der Waals surface area (Å²) in [4.78, 5) is 6.25. The molecule has 114 valence electrons. The van der Waals surface area contributed by atoms with Crippen molar-refractivity contribution in [1.82, 2.24) is 10.3 Å². The van der Waals surface area contributed by atoms with E-state index in [4.69, 9.17) is 0 Å². The molecule has 1 heterocycles. The van der Waals surface area contributed by atoms with Gasteiger partial charge in [0.05, 0.1) is 0 Å². The molecule has 0 amide bonds. The monoisotopic (exact) mass is 281 g/mol. The molecule has 0 saturated heterocycles. The van der Waals surface area contributed by atoms with Crippen molar-refractivity contribution in [2.75, 3.05) is 24.5 Å². The fourth-order valence-corrected chi connectivity index (χ4v) is 2.09. The Bertz CT molecular complexity index is 393. The number of nitrogens with one attached hydrogen (secondary N) is 1. The number of hydrogen-bond acceptors (Lipinski definition) is 3. The van der Waals surface area contributed by atoms with Crippen molar-refractivity contribution in [1.29, 1.82) is 0 Å². The number of pyridine rings is 1. The highest BCUT2D eigenvalue weighted by molar-refractivity contribution is 5.42. The van der Waals surface area contributed by atoms with E-state index < -0.39 is 0 Å². The van der Waals surface area contributed by atoms with E-state index in [-0.39, 0.29) is 5.82 Å². The van der Waals surface area contributed by atoms with Crippen LogP contribution in [0, 0.1) is 11.7 Å². The summed E-state index contributed by atoms with van der Waals surface area (Å²) < 4.78 is 14.5. The molecule has 1 rings (SSSR count). The van der Waals surface area contributed by atoms with Gasteiger partial charge in [-0.3, -0.25) is 0 Å². The molecule has 0 saturated carbocycles. The Hall–Kier alpha value is -1.16. The molecule has 0 radical (unpaired) electrons. The molecule has 0 aliphatic carbocycles. The molecular formula is C16H28FN3. The first-order valence-electron chi connectivity index (χ1n) is 7.69. The number of unbranched alkanes of at least 4 members (excludes halogenated alkanes) is 1. The minimum Gasteiger partial charge on any atom is -0.354 e. The molecule has 0 aliphatic rings. The van der Waals surface area contributed by atoms with Crippen LogP contribution >= 0.6 is 0 Å². The van der Waals surface area contributed by atoms with E-state index in [9.17, 15) is 4.39 Å². The van der Waals surface area contributed by atoms with E-state index in [1.165, 1.54) is 0 Å². The molecule has 0 spiro atoms. The standard InChI is InChI=1S/C16H28FN3/c1-5-7-10-20(6-2)16-15(17)14(8-9-19-16)12-18-11-13(3)4/h8-9,13,18H,5-7,10-12H2,1-4H3. The van der Waals surface area contributed by atoms with Crippen molar-refractivity contribution >= 4 is 5.82 Å². The summed E-state index contributed by atoms with van der Waals surface area (Å²) in [5.41, 5.74) is 0.700. The maximum absolute atomic E-state index is 14.5. The lowest BCUT2D eigenvalue weighted by atomic mass is 10.2. The van der Waals surface area contributed by atoms with Gasteiger partial charge in [-0.25, -0.2) is 9.37 Å². The van der Waals surface area contributed by atoms with Gasteiger partial charge >= 0.3 is 0 Å². The Labute approximate surface area is 122 Å².